The molecule has 0 radical (unpaired) electrons. The maximum absolute atomic E-state index is 12.2. The Morgan fingerprint density at radius 3 is 2.15 bits per heavy atom. The quantitative estimate of drug-likeness (QED) is 0.348. The van der Waals surface area contributed by atoms with Gasteiger partial charge < -0.3 is 9.47 Å². The molecule has 0 amide bonds. The highest BCUT2D eigenvalue weighted by molar-refractivity contribution is 7.86. The summed E-state index contributed by atoms with van der Waals surface area (Å²) in [5.74, 6) is 0. The van der Waals surface area contributed by atoms with Crippen molar-refractivity contribution in [2.75, 3.05) is 26.4 Å². The van der Waals surface area contributed by atoms with Gasteiger partial charge in [0.25, 0.3) is 10.1 Å². The Balaban J connectivity index is 2.39. The Morgan fingerprint density at radius 2 is 1.58 bits per heavy atom. The minimum atomic E-state index is -3.67. The predicted molar refractivity (Wildman–Crippen MR) is 104 cm³/mol. The normalized spacial score (nSPS) is 12.5. The number of rotatable bonds is 14. The van der Waals surface area contributed by atoms with Gasteiger partial charge in [0.05, 0.1) is 30.3 Å². The molecule has 0 bridgehead atoms. The fraction of sp³-hybridized carbons (Fsp3) is 0.700. The van der Waals surface area contributed by atoms with Crippen molar-refractivity contribution in [1.29, 1.82) is 0 Å². The fourth-order valence-corrected chi connectivity index (χ4v) is 3.77. The second kappa shape index (κ2) is 11.7. The zero-order valence-corrected chi connectivity index (χ0v) is 17.4. The van der Waals surface area contributed by atoms with Crippen molar-refractivity contribution in [2.24, 2.45) is 0 Å². The molecule has 0 aliphatic carbocycles. The van der Waals surface area contributed by atoms with Gasteiger partial charge in [-0.05, 0) is 58.1 Å². The molecule has 1 aromatic carbocycles. The second-order valence-electron chi connectivity index (χ2n) is 6.48. The van der Waals surface area contributed by atoms with E-state index in [1.165, 1.54) is 0 Å². The monoisotopic (exact) mass is 386 g/mol. The molecular formula is C20H34O5S. The van der Waals surface area contributed by atoms with Crippen LogP contribution in [0.2, 0.25) is 0 Å². The van der Waals surface area contributed by atoms with E-state index in [-0.39, 0.29) is 17.1 Å². The fourth-order valence-electron chi connectivity index (χ4n) is 2.83. The highest BCUT2D eigenvalue weighted by Gasteiger charge is 2.26. The third-order valence-electron chi connectivity index (χ3n) is 4.70. The first-order valence-electron chi connectivity index (χ1n) is 9.57. The van der Waals surface area contributed by atoms with Crippen LogP contribution in [-0.4, -0.2) is 40.4 Å². The summed E-state index contributed by atoms with van der Waals surface area (Å²) in [6.45, 7) is 10.2. The zero-order chi connectivity index (χ0) is 19.5. The van der Waals surface area contributed by atoms with Crippen molar-refractivity contribution in [3.05, 3.63) is 29.8 Å². The van der Waals surface area contributed by atoms with Gasteiger partial charge in [0, 0.05) is 6.61 Å². The molecule has 0 aliphatic rings. The molecule has 0 N–H and O–H groups in total. The van der Waals surface area contributed by atoms with Crippen LogP contribution in [0, 0.1) is 6.92 Å². The van der Waals surface area contributed by atoms with E-state index in [1.807, 2.05) is 13.8 Å². The maximum Gasteiger partial charge on any atom is 0.296 e. The third kappa shape index (κ3) is 7.74. The van der Waals surface area contributed by atoms with Crippen LogP contribution < -0.4 is 0 Å². The molecule has 5 nitrogen and oxygen atoms in total. The average molecular weight is 387 g/mol. The van der Waals surface area contributed by atoms with Crippen molar-refractivity contribution < 1.29 is 22.1 Å². The van der Waals surface area contributed by atoms with Gasteiger partial charge >= 0.3 is 0 Å². The van der Waals surface area contributed by atoms with E-state index in [0.29, 0.717) is 26.2 Å². The molecule has 0 saturated carbocycles. The standard InChI is InChI=1S/C20H34O5S/c1-5-20(6-2,24-17-16-23-7-3)14-8-9-15-25-26(21,22)19-12-10-18(4)11-13-19/h10-13H,5-9,14-17H2,1-4H3. The van der Waals surface area contributed by atoms with Crippen molar-refractivity contribution in [2.45, 2.75) is 70.3 Å². The Bertz CT molecular complexity index is 591. The van der Waals surface area contributed by atoms with Gasteiger partial charge in [-0.3, -0.25) is 4.18 Å². The molecule has 0 heterocycles. The molecule has 26 heavy (non-hydrogen) atoms. The molecule has 0 atom stereocenters. The van der Waals surface area contributed by atoms with Gasteiger partial charge in [-0.15, -0.1) is 0 Å². The number of aryl methyl sites for hydroxylation is 1. The second-order valence-corrected chi connectivity index (χ2v) is 8.10. The number of benzene rings is 1. The van der Waals surface area contributed by atoms with E-state index in [9.17, 15) is 8.42 Å². The van der Waals surface area contributed by atoms with Crippen LogP contribution in [0.3, 0.4) is 0 Å². The molecule has 6 heteroatoms. The SMILES string of the molecule is CCOCCOC(CC)(CC)CCCCOS(=O)(=O)c1ccc(C)cc1. The molecule has 1 aromatic rings. The van der Waals surface area contributed by atoms with E-state index in [0.717, 1.165) is 31.2 Å². The summed E-state index contributed by atoms with van der Waals surface area (Å²) >= 11 is 0. The van der Waals surface area contributed by atoms with Crippen molar-refractivity contribution in [3.8, 4) is 0 Å². The van der Waals surface area contributed by atoms with E-state index >= 15 is 0 Å². The molecule has 150 valence electrons. The summed E-state index contributed by atoms with van der Waals surface area (Å²) < 4.78 is 40.9. The van der Waals surface area contributed by atoms with Crippen LogP contribution in [0.4, 0.5) is 0 Å². The summed E-state index contributed by atoms with van der Waals surface area (Å²) in [4.78, 5) is 0.207. The highest BCUT2D eigenvalue weighted by atomic mass is 32.2. The summed E-state index contributed by atoms with van der Waals surface area (Å²) in [5.41, 5.74) is 0.858. The first kappa shape index (κ1) is 23.1. The highest BCUT2D eigenvalue weighted by Crippen LogP contribution is 2.27. The Labute approximate surface area is 159 Å². The van der Waals surface area contributed by atoms with E-state index in [1.54, 1.807) is 24.3 Å². The molecule has 1 rings (SSSR count). The maximum atomic E-state index is 12.2. The Morgan fingerprint density at radius 1 is 0.923 bits per heavy atom. The average Bonchev–Trinajstić information content (AvgIpc) is 2.64. The minimum Gasteiger partial charge on any atom is -0.379 e. The largest absolute Gasteiger partial charge is 0.379 e. The molecule has 0 aliphatic heterocycles. The lowest BCUT2D eigenvalue weighted by atomic mass is 9.91. The van der Waals surface area contributed by atoms with Gasteiger partial charge in [0.2, 0.25) is 0 Å². The number of ether oxygens (including phenoxy) is 2. The number of hydrogen-bond donors (Lipinski definition) is 0. The predicted octanol–water partition coefficient (Wildman–Crippen LogP) is 4.48. The molecule has 0 unspecified atom stereocenters. The lowest BCUT2D eigenvalue weighted by Crippen LogP contribution is -2.32. The Kier molecular flexibility index (Phi) is 10.4. The summed E-state index contributed by atoms with van der Waals surface area (Å²) in [6.07, 6.45) is 4.29. The minimum absolute atomic E-state index is 0.160. The molecular weight excluding hydrogens is 352 g/mol. The number of hydrogen-bond acceptors (Lipinski definition) is 5. The van der Waals surface area contributed by atoms with Gasteiger partial charge in [0.1, 0.15) is 0 Å². The van der Waals surface area contributed by atoms with Crippen LogP contribution in [0.25, 0.3) is 0 Å². The van der Waals surface area contributed by atoms with Crippen LogP contribution in [0.5, 0.6) is 0 Å². The molecule has 0 aromatic heterocycles. The van der Waals surface area contributed by atoms with Gasteiger partial charge in [-0.25, -0.2) is 0 Å². The lowest BCUT2D eigenvalue weighted by molar-refractivity contribution is -0.0778. The van der Waals surface area contributed by atoms with Crippen molar-refractivity contribution in [3.63, 3.8) is 0 Å². The van der Waals surface area contributed by atoms with Crippen LogP contribution >= 0.6 is 0 Å². The van der Waals surface area contributed by atoms with E-state index in [2.05, 4.69) is 13.8 Å². The summed E-state index contributed by atoms with van der Waals surface area (Å²) in [6, 6.07) is 6.70. The summed E-state index contributed by atoms with van der Waals surface area (Å²) in [5, 5.41) is 0. The zero-order valence-electron chi connectivity index (χ0n) is 16.6. The van der Waals surface area contributed by atoms with Crippen LogP contribution in [-0.2, 0) is 23.8 Å². The Hall–Kier alpha value is -0.950. The van der Waals surface area contributed by atoms with Gasteiger partial charge in [0.15, 0.2) is 0 Å². The number of unbranched alkanes of at least 4 members (excludes halogenated alkanes) is 1. The van der Waals surface area contributed by atoms with Gasteiger partial charge in [-0.2, -0.15) is 8.42 Å². The lowest BCUT2D eigenvalue weighted by Gasteiger charge is -2.32. The molecule has 0 saturated heterocycles. The first-order valence-corrected chi connectivity index (χ1v) is 11.0. The summed E-state index contributed by atoms with van der Waals surface area (Å²) in [7, 11) is -3.67. The van der Waals surface area contributed by atoms with Gasteiger partial charge in [-0.1, -0.05) is 31.5 Å². The van der Waals surface area contributed by atoms with E-state index in [4.69, 9.17) is 13.7 Å². The third-order valence-corrected chi connectivity index (χ3v) is 6.03. The smallest absolute Gasteiger partial charge is 0.296 e. The van der Waals surface area contributed by atoms with E-state index < -0.39 is 10.1 Å². The topological polar surface area (TPSA) is 61.8 Å². The van der Waals surface area contributed by atoms with Crippen molar-refractivity contribution in [1.82, 2.24) is 0 Å². The van der Waals surface area contributed by atoms with Crippen LogP contribution in [0.15, 0.2) is 29.2 Å². The van der Waals surface area contributed by atoms with Crippen molar-refractivity contribution >= 4 is 10.1 Å². The molecule has 0 spiro atoms. The molecule has 0 fully saturated rings. The first-order chi connectivity index (χ1) is 12.4. The van der Waals surface area contributed by atoms with Crippen LogP contribution in [0.1, 0.15) is 58.4 Å².